The molecule has 0 spiro atoms. The van der Waals surface area contributed by atoms with Gasteiger partial charge in [-0.2, -0.15) is 0 Å². The fourth-order valence-corrected chi connectivity index (χ4v) is 3.77. The van der Waals surface area contributed by atoms with E-state index in [1.54, 1.807) is 31.2 Å². The van der Waals surface area contributed by atoms with Crippen LogP contribution in [0.2, 0.25) is 0 Å². The molecule has 1 saturated heterocycles. The smallest absolute Gasteiger partial charge is 0.239 e. The summed E-state index contributed by atoms with van der Waals surface area (Å²) in [5, 5.41) is 2.12. The zero-order chi connectivity index (χ0) is 14.7. The van der Waals surface area contributed by atoms with Crippen LogP contribution >= 0.6 is 0 Å². The Morgan fingerprint density at radius 1 is 1.45 bits per heavy atom. The Morgan fingerprint density at radius 2 is 2.10 bits per heavy atom. The van der Waals surface area contributed by atoms with Crippen molar-refractivity contribution in [2.24, 2.45) is 0 Å². The first-order valence-corrected chi connectivity index (χ1v) is 7.94. The van der Waals surface area contributed by atoms with E-state index in [-0.39, 0.29) is 17.3 Å². The van der Waals surface area contributed by atoms with E-state index in [2.05, 4.69) is 5.32 Å². The summed E-state index contributed by atoms with van der Waals surface area (Å²) in [6.45, 7) is 4.21. The summed E-state index contributed by atoms with van der Waals surface area (Å²) in [5.41, 5.74) is 6.88. The molecule has 0 aliphatic carbocycles. The number of amides is 1. The Labute approximate surface area is 121 Å². The van der Waals surface area contributed by atoms with E-state index in [1.165, 1.54) is 0 Å². The number of ether oxygens (including phenoxy) is 1. The second-order valence-electron chi connectivity index (χ2n) is 4.99. The lowest BCUT2D eigenvalue weighted by Gasteiger charge is -2.18. The van der Waals surface area contributed by atoms with Crippen molar-refractivity contribution in [2.75, 3.05) is 17.7 Å². The summed E-state index contributed by atoms with van der Waals surface area (Å²) in [6.07, 6.45) is 0.690. The Hall–Kier alpha value is -1.40. The van der Waals surface area contributed by atoms with Crippen molar-refractivity contribution in [2.45, 2.75) is 36.9 Å². The molecule has 1 aliphatic heterocycles. The fourth-order valence-electron chi connectivity index (χ4n) is 2.20. The van der Waals surface area contributed by atoms with Crippen LogP contribution in [0, 0.1) is 0 Å². The second kappa shape index (κ2) is 6.37. The monoisotopic (exact) mass is 296 g/mol. The number of carbonyl (C=O) groups is 1. The van der Waals surface area contributed by atoms with Crippen LogP contribution in [0.4, 0.5) is 11.4 Å². The molecule has 1 heterocycles. The highest BCUT2D eigenvalue weighted by atomic mass is 32.2. The standard InChI is InChI=1S/C14H20N2O3S/c1-9-13(7-8-19-9)20(18)10(2)14(17)16-12-5-3-11(15)4-6-12/h3-6,9-10,13H,7-8,15H2,1-2H3,(H,16,17). The number of nitrogen functional groups attached to an aromatic ring is 1. The van der Waals surface area contributed by atoms with Crippen molar-refractivity contribution >= 4 is 28.1 Å². The molecule has 0 bridgehead atoms. The van der Waals surface area contributed by atoms with Crippen molar-refractivity contribution < 1.29 is 13.7 Å². The van der Waals surface area contributed by atoms with E-state index < -0.39 is 16.0 Å². The van der Waals surface area contributed by atoms with Crippen molar-refractivity contribution in [3.8, 4) is 0 Å². The minimum absolute atomic E-state index is 0.0531. The Bertz CT molecular complexity index is 504. The van der Waals surface area contributed by atoms with Crippen LogP contribution in [-0.2, 0) is 20.3 Å². The predicted octanol–water partition coefficient (Wildman–Crippen LogP) is 1.52. The highest BCUT2D eigenvalue weighted by molar-refractivity contribution is 7.87. The van der Waals surface area contributed by atoms with Crippen LogP contribution in [0.15, 0.2) is 24.3 Å². The van der Waals surface area contributed by atoms with Gasteiger partial charge in [0.25, 0.3) is 0 Å². The number of anilines is 2. The SMILES string of the molecule is CC1OCCC1S(=O)C(C)C(=O)Nc1ccc(N)cc1. The van der Waals surface area contributed by atoms with Crippen molar-refractivity contribution in [3.63, 3.8) is 0 Å². The van der Waals surface area contributed by atoms with E-state index in [9.17, 15) is 9.00 Å². The van der Waals surface area contributed by atoms with E-state index in [1.807, 2.05) is 6.92 Å². The van der Waals surface area contributed by atoms with Crippen molar-refractivity contribution in [1.82, 2.24) is 0 Å². The van der Waals surface area contributed by atoms with Gasteiger partial charge in [0.1, 0.15) is 5.25 Å². The normalized spacial score (nSPS) is 25.1. The van der Waals surface area contributed by atoms with E-state index in [0.29, 0.717) is 18.0 Å². The number of hydrogen-bond donors (Lipinski definition) is 2. The molecule has 3 N–H and O–H groups in total. The molecular formula is C14H20N2O3S. The predicted molar refractivity (Wildman–Crippen MR) is 80.9 cm³/mol. The molecule has 1 aromatic carbocycles. The van der Waals surface area contributed by atoms with Gasteiger partial charge in [-0.05, 0) is 44.5 Å². The molecule has 1 fully saturated rings. The number of nitrogens with two attached hydrogens (primary N) is 1. The summed E-state index contributed by atoms with van der Waals surface area (Å²) in [7, 11) is -1.24. The minimum Gasteiger partial charge on any atom is -0.399 e. The van der Waals surface area contributed by atoms with Gasteiger partial charge in [-0.3, -0.25) is 9.00 Å². The summed E-state index contributed by atoms with van der Waals surface area (Å²) in [6, 6.07) is 6.88. The van der Waals surface area contributed by atoms with Crippen LogP contribution in [-0.4, -0.2) is 33.3 Å². The summed E-state index contributed by atoms with van der Waals surface area (Å²) >= 11 is 0. The first-order chi connectivity index (χ1) is 9.49. The van der Waals surface area contributed by atoms with E-state index >= 15 is 0 Å². The molecule has 1 aliphatic rings. The quantitative estimate of drug-likeness (QED) is 0.825. The third-order valence-corrected chi connectivity index (χ3v) is 5.63. The Balaban J connectivity index is 1.97. The van der Waals surface area contributed by atoms with Gasteiger partial charge >= 0.3 is 0 Å². The Kier molecular flexibility index (Phi) is 4.77. The molecule has 0 radical (unpaired) electrons. The first-order valence-electron chi connectivity index (χ1n) is 6.66. The van der Waals surface area contributed by atoms with Crippen molar-refractivity contribution in [1.29, 1.82) is 0 Å². The van der Waals surface area contributed by atoms with Gasteiger partial charge in [0, 0.05) is 28.8 Å². The average Bonchev–Trinajstić information content (AvgIpc) is 2.86. The average molecular weight is 296 g/mol. The van der Waals surface area contributed by atoms with Crippen LogP contribution in [0.25, 0.3) is 0 Å². The molecule has 1 amide bonds. The largest absolute Gasteiger partial charge is 0.399 e. The summed E-state index contributed by atoms with van der Waals surface area (Å²) in [4.78, 5) is 12.1. The zero-order valence-corrected chi connectivity index (χ0v) is 12.5. The number of hydrogen-bond acceptors (Lipinski definition) is 4. The molecule has 4 unspecified atom stereocenters. The lowest BCUT2D eigenvalue weighted by atomic mass is 10.2. The topological polar surface area (TPSA) is 81.4 Å². The van der Waals surface area contributed by atoms with Gasteiger partial charge in [-0.1, -0.05) is 0 Å². The third kappa shape index (κ3) is 3.37. The van der Waals surface area contributed by atoms with E-state index in [4.69, 9.17) is 10.5 Å². The van der Waals surface area contributed by atoms with Gasteiger partial charge in [-0.25, -0.2) is 0 Å². The molecule has 0 saturated carbocycles. The molecule has 20 heavy (non-hydrogen) atoms. The molecular weight excluding hydrogens is 276 g/mol. The number of carbonyl (C=O) groups excluding carboxylic acids is 1. The lowest BCUT2D eigenvalue weighted by molar-refractivity contribution is -0.115. The van der Waals surface area contributed by atoms with E-state index in [0.717, 1.165) is 6.42 Å². The Morgan fingerprint density at radius 3 is 2.65 bits per heavy atom. The second-order valence-corrected chi connectivity index (χ2v) is 6.95. The highest BCUT2D eigenvalue weighted by Gasteiger charge is 2.34. The molecule has 1 aromatic rings. The highest BCUT2D eigenvalue weighted by Crippen LogP contribution is 2.22. The number of nitrogens with one attached hydrogen (secondary N) is 1. The zero-order valence-electron chi connectivity index (χ0n) is 11.7. The van der Waals surface area contributed by atoms with Gasteiger partial charge in [0.2, 0.25) is 5.91 Å². The molecule has 110 valence electrons. The van der Waals surface area contributed by atoms with Crippen LogP contribution in [0.1, 0.15) is 20.3 Å². The number of benzene rings is 1. The minimum atomic E-state index is -1.24. The van der Waals surface area contributed by atoms with Crippen LogP contribution < -0.4 is 11.1 Å². The lowest BCUT2D eigenvalue weighted by Crippen LogP contribution is -2.37. The van der Waals surface area contributed by atoms with Crippen molar-refractivity contribution in [3.05, 3.63) is 24.3 Å². The third-order valence-electron chi connectivity index (χ3n) is 3.50. The maximum absolute atomic E-state index is 12.4. The molecule has 6 heteroatoms. The van der Waals surface area contributed by atoms with Gasteiger partial charge in [-0.15, -0.1) is 0 Å². The van der Waals surface area contributed by atoms with Gasteiger partial charge in [0.15, 0.2) is 0 Å². The molecule has 0 aromatic heterocycles. The summed E-state index contributed by atoms with van der Waals surface area (Å²) in [5.74, 6) is -0.243. The molecule has 2 rings (SSSR count). The molecule has 4 atom stereocenters. The van der Waals surface area contributed by atoms with Crippen LogP contribution in [0.3, 0.4) is 0 Å². The van der Waals surface area contributed by atoms with Gasteiger partial charge < -0.3 is 15.8 Å². The van der Waals surface area contributed by atoms with Gasteiger partial charge in [0.05, 0.1) is 11.4 Å². The maximum atomic E-state index is 12.4. The first kappa shape index (κ1) is 15.0. The fraction of sp³-hybridized carbons (Fsp3) is 0.500. The summed E-state index contributed by atoms with van der Waals surface area (Å²) < 4.78 is 17.8. The van der Waals surface area contributed by atoms with Crippen LogP contribution in [0.5, 0.6) is 0 Å². The maximum Gasteiger partial charge on any atom is 0.239 e. The number of rotatable bonds is 4. The molecule has 5 nitrogen and oxygen atoms in total.